The van der Waals surface area contributed by atoms with Crippen LogP contribution in [0.4, 0.5) is 0 Å². The Morgan fingerprint density at radius 2 is 1.24 bits per heavy atom. The van der Waals surface area contributed by atoms with Crippen LogP contribution in [0.3, 0.4) is 0 Å². The van der Waals surface area contributed by atoms with Crippen molar-refractivity contribution in [1.29, 1.82) is 0 Å². The fraction of sp³-hybridized carbons (Fsp3) is 0.447. The van der Waals surface area contributed by atoms with Crippen LogP contribution in [0.2, 0.25) is 0 Å². The van der Waals surface area contributed by atoms with Crippen molar-refractivity contribution in [3.05, 3.63) is 107 Å². The molecule has 238 valence electrons. The van der Waals surface area contributed by atoms with Gasteiger partial charge in [0.15, 0.2) is 0 Å². The minimum absolute atomic E-state index is 0.137. The van der Waals surface area contributed by atoms with Crippen molar-refractivity contribution in [2.75, 3.05) is 53.4 Å². The third kappa shape index (κ3) is 7.21. The van der Waals surface area contributed by atoms with Gasteiger partial charge < -0.3 is 15.1 Å². The Hall–Kier alpha value is -3.81. The van der Waals surface area contributed by atoms with Crippen LogP contribution in [0.15, 0.2) is 84.9 Å². The molecule has 3 aromatic rings. The fourth-order valence-electron chi connectivity index (χ4n) is 7.42. The molecule has 2 N–H and O–H groups in total. The van der Waals surface area contributed by atoms with Crippen LogP contribution in [0.5, 0.6) is 0 Å². The zero-order chi connectivity index (χ0) is 31.9. The van der Waals surface area contributed by atoms with Crippen molar-refractivity contribution in [2.24, 2.45) is 11.7 Å². The lowest BCUT2D eigenvalue weighted by atomic mass is 9.64. The van der Waals surface area contributed by atoms with E-state index in [2.05, 4.69) is 43.3 Å². The van der Waals surface area contributed by atoms with E-state index < -0.39 is 5.41 Å². The third-order valence-electron chi connectivity index (χ3n) is 10.0. The first-order valence-electron chi connectivity index (χ1n) is 16.6. The molecule has 0 saturated carbocycles. The van der Waals surface area contributed by atoms with E-state index in [0.29, 0.717) is 17.7 Å². The molecule has 1 atom stereocenters. The number of unbranched alkanes of at least 4 members (excludes halogenated alkanes) is 5. The standard InChI is InChI=1S/C38H48N4O3/c1-42(2,28-26-41-35(43)33-21-13-14-22-34(33)36(41)44)27-16-6-4-3-5-15-24-40-25-23-32(29-40)38(37(39)45,30-17-9-7-10-18-30)31-19-11-8-12-20-31/h7-14,17-22,32H,3-6,15-16,23-29H2,1-2H3,(H-,39,45)/p+1. The number of amides is 3. The molecule has 0 spiro atoms. The number of benzene rings is 3. The van der Waals surface area contributed by atoms with Crippen LogP contribution >= 0.6 is 0 Å². The van der Waals surface area contributed by atoms with E-state index in [9.17, 15) is 14.4 Å². The molecule has 0 radical (unpaired) electrons. The van der Waals surface area contributed by atoms with Crippen LogP contribution in [0.25, 0.3) is 0 Å². The molecular formula is C38H49N4O3+. The average Bonchev–Trinajstić information content (AvgIpc) is 3.61. The largest absolute Gasteiger partial charge is 0.369 e. The van der Waals surface area contributed by atoms with E-state index in [1.165, 1.54) is 30.6 Å². The monoisotopic (exact) mass is 609 g/mol. The van der Waals surface area contributed by atoms with Gasteiger partial charge >= 0.3 is 0 Å². The summed E-state index contributed by atoms with van der Waals surface area (Å²) in [5, 5.41) is 0. The Balaban J connectivity index is 1.01. The molecule has 2 heterocycles. The molecule has 7 heteroatoms. The number of carbonyl (C=O) groups is 3. The van der Waals surface area contributed by atoms with Crippen molar-refractivity contribution >= 4 is 17.7 Å². The maximum Gasteiger partial charge on any atom is 0.261 e. The first-order valence-corrected chi connectivity index (χ1v) is 16.6. The number of imide groups is 1. The van der Waals surface area contributed by atoms with Crippen LogP contribution < -0.4 is 5.73 Å². The number of carbonyl (C=O) groups excluding carboxylic acids is 3. The van der Waals surface area contributed by atoms with Crippen LogP contribution in [-0.2, 0) is 10.2 Å². The number of hydrogen-bond donors (Lipinski definition) is 1. The number of likely N-dealkylation sites (tertiary alicyclic amines) is 1. The topological polar surface area (TPSA) is 83.7 Å². The Labute approximate surface area is 268 Å². The van der Waals surface area contributed by atoms with Gasteiger partial charge in [-0.15, -0.1) is 0 Å². The quantitative estimate of drug-likeness (QED) is 0.132. The second-order valence-electron chi connectivity index (χ2n) is 13.5. The van der Waals surface area contributed by atoms with Gasteiger partial charge in [0.05, 0.1) is 44.9 Å². The van der Waals surface area contributed by atoms with Crippen LogP contribution in [-0.4, -0.2) is 85.4 Å². The molecule has 0 aliphatic carbocycles. The highest BCUT2D eigenvalue weighted by atomic mass is 16.2. The molecule has 45 heavy (non-hydrogen) atoms. The van der Waals surface area contributed by atoms with Gasteiger partial charge in [0.25, 0.3) is 11.8 Å². The minimum atomic E-state index is -0.825. The molecule has 1 fully saturated rings. The van der Waals surface area contributed by atoms with Gasteiger partial charge in [0.1, 0.15) is 5.41 Å². The van der Waals surface area contributed by atoms with Gasteiger partial charge in [-0.05, 0) is 68.0 Å². The van der Waals surface area contributed by atoms with Gasteiger partial charge in [-0.3, -0.25) is 19.3 Å². The second kappa shape index (κ2) is 14.5. The van der Waals surface area contributed by atoms with Gasteiger partial charge in [-0.2, -0.15) is 0 Å². The van der Waals surface area contributed by atoms with Crippen molar-refractivity contribution in [1.82, 2.24) is 9.80 Å². The number of fused-ring (bicyclic) bond motifs is 1. The Morgan fingerprint density at radius 1 is 0.733 bits per heavy atom. The molecule has 3 amide bonds. The maximum atomic E-state index is 13.3. The SMILES string of the molecule is C[N+](C)(CCCCCCCCN1CCC(C(C(N)=O)(c2ccccc2)c2ccccc2)C1)CCN1C(=O)c2ccccc2C1=O. The molecule has 2 aliphatic heterocycles. The Bertz CT molecular complexity index is 1380. The molecule has 0 aromatic heterocycles. The average molecular weight is 610 g/mol. The number of likely N-dealkylation sites (N-methyl/N-ethyl adjacent to an activating group) is 1. The van der Waals surface area contributed by atoms with Gasteiger partial charge in [-0.1, -0.05) is 92.1 Å². The summed E-state index contributed by atoms with van der Waals surface area (Å²) >= 11 is 0. The lowest BCUT2D eigenvalue weighted by Gasteiger charge is -2.37. The van der Waals surface area contributed by atoms with Crippen molar-refractivity contribution in [2.45, 2.75) is 50.4 Å². The van der Waals surface area contributed by atoms with E-state index in [0.717, 1.165) is 67.6 Å². The zero-order valence-electron chi connectivity index (χ0n) is 27.0. The van der Waals surface area contributed by atoms with Crippen molar-refractivity contribution in [3.63, 3.8) is 0 Å². The summed E-state index contributed by atoms with van der Waals surface area (Å²) in [6, 6.07) is 27.3. The third-order valence-corrected chi connectivity index (χ3v) is 10.0. The molecule has 5 rings (SSSR count). The van der Waals surface area contributed by atoms with E-state index in [-0.39, 0.29) is 23.6 Å². The highest BCUT2D eigenvalue weighted by Crippen LogP contribution is 2.43. The predicted octanol–water partition coefficient (Wildman–Crippen LogP) is 5.49. The van der Waals surface area contributed by atoms with E-state index in [1.807, 2.05) is 48.5 Å². The van der Waals surface area contributed by atoms with E-state index in [4.69, 9.17) is 5.73 Å². The lowest BCUT2D eigenvalue weighted by molar-refractivity contribution is -0.889. The minimum Gasteiger partial charge on any atom is -0.369 e. The first kappa shape index (κ1) is 32.6. The molecular weight excluding hydrogens is 560 g/mol. The van der Waals surface area contributed by atoms with Gasteiger partial charge in [-0.25, -0.2) is 0 Å². The predicted molar refractivity (Wildman–Crippen MR) is 179 cm³/mol. The Kier molecular flexibility index (Phi) is 10.5. The Morgan fingerprint density at radius 3 is 1.80 bits per heavy atom. The number of rotatable bonds is 16. The van der Waals surface area contributed by atoms with E-state index >= 15 is 0 Å². The number of nitrogens with zero attached hydrogens (tertiary/aromatic N) is 3. The summed E-state index contributed by atoms with van der Waals surface area (Å²) in [4.78, 5) is 42.6. The highest BCUT2D eigenvalue weighted by molar-refractivity contribution is 6.21. The number of nitrogens with two attached hydrogens (primary N) is 1. The fourth-order valence-corrected chi connectivity index (χ4v) is 7.42. The lowest BCUT2D eigenvalue weighted by Crippen LogP contribution is -2.49. The zero-order valence-corrected chi connectivity index (χ0v) is 27.0. The molecule has 3 aromatic carbocycles. The van der Waals surface area contributed by atoms with Crippen LogP contribution in [0, 0.1) is 5.92 Å². The van der Waals surface area contributed by atoms with Crippen LogP contribution in [0.1, 0.15) is 76.8 Å². The summed E-state index contributed by atoms with van der Waals surface area (Å²) in [6.07, 6.45) is 8.08. The summed E-state index contributed by atoms with van der Waals surface area (Å²) in [5.74, 6) is -0.463. The second-order valence-corrected chi connectivity index (χ2v) is 13.5. The highest BCUT2D eigenvalue weighted by Gasteiger charge is 2.49. The number of hydrogen-bond acceptors (Lipinski definition) is 4. The van der Waals surface area contributed by atoms with Crippen molar-refractivity contribution in [3.8, 4) is 0 Å². The summed E-state index contributed by atoms with van der Waals surface area (Å²) in [5.41, 5.74) is 8.45. The molecule has 2 aliphatic rings. The normalized spacial score (nSPS) is 17.2. The summed E-state index contributed by atoms with van der Waals surface area (Å²) in [6.45, 7) is 5.16. The van der Waals surface area contributed by atoms with Gasteiger partial charge in [0.2, 0.25) is 5.91 Å². The first-order chi connectivity index (χ1) is 21.7. The summed E-state index contributed by atoms with van der Waals surface area (Å²) in [7, 11) is 4.37. The van der Waals surface area contributed by atoms with Gasteiger partial charge in [0, 0.05) is 6.54 Å². The summed E-state index contributed by atoms with van der Waals surface area (Å²) < 4.78 is 0.794. The van der Waals surface area contributed by atoms with Crippen molar-refractivity contribution < 1.29 is 18.9 Å². The molecule has 1 saturated heterocycles. The number of primary amides is 1. The van der Waals surface area contributed by atoms with E-state index in [1.54, 1.807) is 12.1 Å². The number of quaternary nitrogens is 1. The smallest absolute Gasteiger partial charge is 0.261 e. The molecule has 1 unspecified atom stereocenters. The molecule has 0 bridgehead atoms. The molecule has 7 nitrogen and oxygen atoms in total. The maximum absolute atomic E-state index is 13.3.